The van der Waals surface area contributed by atoms with E-state index in [0.717, 1.165) is 16.8 Å². The number of benzene rings is 2. The molecule has 1 aliphatic heterocycles. The van der Waals surface area contributed by atoms with E-state index in [1.54, 1.807) is 0 Å². The second-order valence-electron chi connectivity index (χ2n) is 6.29. The Kier molecular flexibility index (Phi) is 3.84. The number of aryl methyl sites for hydroxylation is 2. The van der Waals surface area contributed by atoms with E-state index in [4.69, 9.17) is 0 Å². The smallest absolute Gasteiger partial charge is 0.243 e. The quantitative estimate of drug-likeness (QED) is 0.720. The molecule has 0 unspecified atom stereocenters. The maximum absolute atomic E-state index is 4.18. The molecule has 1 aliphatic rings. The van der Waals surface area contributed by atoms with Gasteiger partial charge in [0.15, 0.2) is 0 Å². The van der Waals surface area contributed by atoms with E-state index >= 15 is 0 Å². The maximum atomic E-state index is 4.18. The number of fused-ring (bicyclic) bond motifs is 1. The van der Waals surface area contributed by atoms with Crippen molar-refractivity contribution in [3.05, 3.63) is 69.2 Å². The van der Waals surface area contributed by atoms with Crippen LogP contribution in [0.4, 0.5) is 5.95 Å². The summed E-state index contributed by atoms with van der Waals surface area (Å²) >= 11 is 3.56. The van der Waals surface area contributed by atoms with Crippen LogP contribution in [0.1, 0.15) is 40.8 Å². The van der Waals surface area contributed by atoms with Gasteiger partial charge < -0.3 is 5.32 Å². The summed E-state index contributed by atoms with van der Waals surface area (Å²) in [7, 11) is 0. The average Bonchev–Trinajstić information content (AvgIpc) is 3.05. The van der Waals surface area contributed by atoms with Gasteiger partial charge in [0.1, 0.15) is 0 Å². The molecule has 1 N–H and O–H groups in total. The van der Waals surface area contributed by atoms with Crippen LogP contribution in [0.2, 0.25) is 0 Å². The molecule has 0 saturated heterocycles. The lowest BCUT2D eigenvalue weighted by molar-refractivity contribution is 0.423. The molecule has 4 rings (SSSR count). The van der Waals surface area contributed by atoms with Gasteiger partial charge in [-0.15, -0.1) is 0 Å². The molecule has 0 amide bonds. The topological polar surface area (TPSA) is 55.6 Å². The van der Waals surface area contributed by atoms with Gasteiger partial charge in [-0.05, 0) is 65.1 Å². The van der Waals surface area contributed by atoms with Crippen LogP contribution in [-0.4, -0.2) is 20.2 Å². The summed E-state index contributed by atoms with van der Waals surface area (Å²) in [5.74, 6) is 0.717. The normalized spacial score (nSPS) is 19.6. The molecule has 5 nitrogen and oxygen atoms in total. The fourth-order valence-electron chi connectivity index (χ4n) is 3.23. The van der Waals surface area contributed by atoms with Crippen LogP contribution >= 0.6 is 15.9 Å². The number of halogens is 1. The van der Waals surface area contributed by atoms with Crippen LogP contribution in [0.5, 0.6) is 0 Å². The van der Waals surface area contributed by atoms with Crippen molar-refractivity contribution in [2.24, 2.45) is 0 Å². The zero-order chi connectivity index (χ0) is 16.7. The van der Waals surface area contributed by atoms with Gasteiger partial charge >= 0.3 is 0 Å². The Labute approximate surface area is 149 Å². The summed E-state index contributed by atoms with van der Waals surface area (Å²) in [4.78, 5) is 0. The van der Waals surface area contributed by atoms with Gasteiger partial charge in [-0.25, -0.2) is 4.68 Å². The van der Waals surface area contributed by atoms with Crippen molar-refractivity contribution < 1.29 is 0 Å². The van der Waals surface area contributed by atoms with E-state index in [0.29, 0.717) is 0 Å². The standard InChI is InChI=1S/C18H18BrN5/c1-11-6-7-13(8-12(11)2)16-10-17(14-4-3-5-15(19)9-14)24-18(20-16)21-22-23-24/h3-9,16-17H,10H2,1-2H3,(H,20,21,23)/t16-,17-/m0/s1. The molecular weight excluding hydrogens is 366 g/mol. The number of nitrogens with zero attached hydrogens (tertiary/aromatic N) is 4. The van der Waals surface area contributed by atoms with Crippen LogP contribution < -0.4 is 5.32 Å². The van der Waals surface area contributed by atoms with Gasteiger partial charge in [0, 0.05) is 4.47 Å². The third kappa shape index (κ3) is 2.71. The van der Waals surface area contributed by atoms with E-state index in [1.807, 2.05) is 10.7 Å². The second kappa shape index (κ2) is 6.02. The van der Waals surface area contributed by atoms with Crippen molar-refractivity contribution in [1.29, 1.82) is 0 Å². The number of tetrazole rings is 1. The van der Waals surface area contributed by atoms with E-state index in [2.05, 4.69) is 87.0 Å². The minimum absolute atomic E-state index is 0.111. The Morgan fingerprint density at radius 2 is 1.96 bits per heavy atom. The lowest BCUT2D eigenvalue weighted by Crippen LogP contribution is -2.28. The molecule has 0 saturated carbocycles. The van der Waals surface area contributed by atoms with Crippen molar-refractivity contribution in [2.45, 2.75) is 32.4 Å². The third-order valence-corrected chi connectivity index (χ3v) is 5.21. The number of hydrogen-bond acceptors (Lipinski definition) is 4. The van der Waals surface area contributed by atoms with Crippen molar-refractivity contribution >= 4 is 21.9 Å². The summed E-state index contributed by atoms with van der Waals surface area (Å²) in [6, 6.07) is 15.3. The van der Waals surface area contributed by atoms with Crippen LogP contribution in [-0.2, 0) is 0 Å². The lowest BCUT2D eigenvalue weighted by atomic mass is 9.92. The molecule has 1 aromatic heterocycles. The fourth-order valence-corrected chi connectivity index (χ4v) is 3.65. The van der Waals surface area contributed by atoms with Gasteiger partial charge in [-0.2, -0.15) is 0 Å². The molecule has 0 aliphatic carbocycles. The van der Waals surface area contributed by atoms with E-state index in [1.165, 1.54) is 22.3 Å². The van der Waals surface area contributed by atoms with Crippen molar-refractivity contribution in [1.82, 2.24) is 20.2 Å². The molecule has 2 atom stereocenters. The van der Waals surface area contributed by atoms with Crippen molar-refractivity contribution in [3.8, 4) is 0 Å². The predicted molar refractivity (Wildman–Crippen MR) is 97.0 cm³/mol. The molecule has 122 valence electrons. The first-order valence-electron chi connectivity index (χ1n) is 7.99. The van der Waals surface area contributed by atoms with Crippen molar-refractivity contribution in [3.63, 3.8) is 0 Å². The molecule has 0 fully saturated rings. The molecule has 2 heterocycles. The zero-order valence-corrected chi connectivity index (χ0v) is 15.2. The number of nitrogens with one attached hydrogen (secondary N) is 1. The Balaban J connectivity index is 1.74. The van der Waals surface area contributed by atoms with Gasteiger partial charge in [0.05, 0.1) is 12.1 Å². The molecule has 0 spiro atoms. The summed E-state index contributed by atoms with van der Waals surface area (Å²) in [6.07, 6.45) is 0.900. The molecule has 0 radical (unpaired) electrons. The number of rotatable bonds is 2. The summed E-state index contributed by atoms with van der Waals surface area (Å²) in [6.45, 7) is 4.29. The Morgan fingerprint density at radius 1 is 1.08 bits per heavy atom. The summed E-state index contributed by atoms with van der Waals surface area (Å²) < 4.78 is 2.94. The van der Waals surface area contributed by atoms with Gasteiger partial charge in [0.25, 0.3) is 0 Å². The highest BCUT2D eigenvalue weighted by molar-refractivity contribution is 9.10. The number of anilines is 1. The van der Waals surface area contributed by atoms with E-state index in [9.17, 15) is 0 Å². The maximum Gasteiger partial charge on any atom is 0.243 e. The van der Waals surface area contributed by atoms with Crippen LogP contribution in [0, 0.1) is 13.8 Å². The van der Waals surface area contributed by atoms with E-state index < -0.39 is 0 Å². The molecule has 3 aromatic rings. The minimum Gasteiger partial charge on any atom is -0.346 e. The minimum atomic E-state index is 0.111. The summed E-state index contributed by atoms with van der Waals surface area (Å²) in [5, 5.41) is 15.7. The Morgan fingerprint density at radius 3 is 2.75 bits per heavy atom. The predicted octanol–water partition coefficient (Wildman–Crippen LogP) is 4.20. The molecule has 2 aromatic carbocycles. The first-order valence-corrected chi connectivity index (χ1v) is 8.78. The SMILES string of the molecule is Cc1ccc([C@@H]2C[C@@H](c3cccc(Br)c3)n3nnnc3N2)cc1C. The molecular formula is C18H18BrN5. The van der Waals surface area contributed by atoms with Gasteiger partial charge in [0.2, 0.25) is 5.95 Å². The largest absolute Gasteiger partial charge is 0.346 e. The van der Waals surface area contributed by atoms with Crippen LogP contribution in [0.15, 0.2) is 46.9 Å². The van der Waals surface area contributed by atoms with Crippen LogP contribution in [0.25, 0.3) is 0 Å². The highest BCUT2D eigenvalue weighted by Crippen LogP contribution is 2.37. The molecule has 24 heavy (non-hydrogen) atoms. The highest BCUT2D eigenvalue weighted by Gasteiger charge is 2.30. The number of aromatic nitrogens is 4. The zero-order valence-electron chi connectivity index (χ0n) is 13.6. The Bertz CT molecular complexity index is 889. The average molecular weight is 384 g/mol. The first kappa shape index (κ1) is 15.3. The first-order chi connectivity index (χ1) is 11.6. The fraction of sp³-hybridized carbons (Fsp3) is 0.278. The molecule has 6 heteroatoms. The number of hydrogen-bond donors (Lipinski definition) is 1. The van der Waals surface area contributed by atoms with Crippen LogP contribution in [0.3, 0.4) is 0 Å². The molecule has 0 bridgehead atoms. The van der Waals surface area contributed by atoms with Gasteiger partial charge in [-0.1, -0.05) is 51.4 Å². The van der Waals surface area contributed by atoms with Gasteiger partial charge in [-0.3, -0.25) is 0 Å². The summed E-state index contributed by atoms with van der Waals surface area (Å²) in [5.41, 5.74) is 5.09. The Hall–Kier alpha value is -2.21. The van der Waals surface area contributed by atoms with E-state index in [-0.39, 0.29) is 12.1 Å². The lowest BCUT2D eigenvalue weighted by Gasteiger charge is -2.31. The highest BCUT2D eigenvalue weighted by atomic mass is 79.9. The monoisotopic (exact) mass is 383 g/mol. The second-order valence-corrected chi connectivity index (χ2v) is 7.21. The third-order valence-electron chi connectivity index (χ3n) is 4.72. The van der Waals surface area contributed by atoms with Crippen molar-refractivity contribution in [2.75, 3.05) is 5.32 Å².